The number of rotatable bonds is 5. The summed E-state index contributed by atoms with van der Waals surface area (Å²) in [7, 11) is 0. The summed E-state index contributed by atoms with van der Waals surface area (Å²) >= 11 is 0. The number of hydrogen-bond acceptors (Lipinski definition) is 5. The molecule has 24 heavy (non-hydrogen) atoms. The van der Waals surface area contributed by atoms with E-state index < -0.39 is 0 Å². The third kappa shape index (κ3) is 7.61. The monoisotopic (exact) mass is 447 g/mol. The summed E-state index contributed by atoms with van der Waals surface area (Å²) in [4.78, 5) is 17.7. The van der Waals surface area contributed by atoms with Crippen LogP contribution in [0.15, 0.2) is 23.5 Å². The highest BCUT2D eigenvalue weighted by Gasteiger charge is 2.18. The fourth-order valence-corrected chi connectivity index (χ4v) is 2.54. The van der Waals surface area contributed by atoms with Gasteiger partial charge in [-0.2, -0.15) is 0 Å². The minimum atomic E-state index is -0.0383. The van der Waals surface area contributed by atoms with Crippen molar-refractivity contribution in [2.24, 2.45) is 10.7 Å². The van der Waals surface area contributed by atoms with Crippen molar-refractivity contribution >= 4 is 35.9 Å². The van der Waals surface area contributed by atoms with Crippen LogP contribution in [-0.4, -0.2) is 65.6 Å². The van der Waals surface area contributed by atoms with Gasteiger partial charge in [0.25, 0.3) is 0 Å². The molecule has 0 atom stereocenters. The number of nitrogens with two attached hydrogens (primary N) is 1. The molecule has 136 valence electrons. The molecule has 0 aromatic carbocycles. The van der Waals surface area contributed by atoms with Gasteiger partial charge in [0.15, 0.2) is 5.96 Å². The van der Waals surface area contributed by atoms with Crippen molar-refractivity contribution in [3.63, 3.8) is 0 Å². The molecule has 0 unspecified atom stereocenters. The molecule has 1 saturated heterocycles. The summed E-state index contributed by atoms with van der Waals surface area (Å²) in [5.74, 6) is 1.36. The van der Waals surface area contributed by atoms with E-state index in [1.807, 2.05) is 6.07 Å². The number of aromatic nitrogens is 2. The number of halogens is 1. The third-order valence-electron chi connectivity index (χ3n) is 3.62. The average molecular weight is 447 g/mol. The summed E-state index contributed by atoms with van der Waals surface area (Å²) in [5, 5.41) is 3.18. The van der Waals surface area contributed by atoms with E-state index in [1.54, 1.807) is 12.4 Å². The van der Waals surface area contributed by atoms with E-state index in [0.29, 0.717) is 5.96 Å². The summed E-state index contributed by atoms with van der Waals surface area (Å²) in [6, 6.07) is 1.85. The van der Waals surface area contributed by atoms with Gasteiger partial charge in [0, 0.05) is 57.2 Å². The number of guanidine groups is 1. The summed E-state index contributed by atoms with van der Waals surface area (Å²) in [5.41, 5.74) is 5.83. The topological polar surface area (TPSA) is 82.7 Å². The van der Waals surface area contributed by atoms with Crippen LogP contribution in [0.1, 0.15) is 27.2 Å². The van der Waals surface area contributed by atoms with Crippen molar-refractivity contribution in [1.29, 1.82) is 0 Å². The molecule has 1 aliphatic rings. The van der Waals surface area contributed by atoms with Gasteiger partial charge in [0.2, 0.25) is 5.95 Å². The fourth-order valence-electron chi connectivity index (χ4n) is 2.54. The van der Waals surface area contributed by atoms with E-state index in [4.69, 9.17) is 5.73 Å². The number of nitrogens with zero attached hydrogens (tertiary/aromatic N) is 5. The lowest BCUT2D eigenvalue weighted by molar-refractivity contribution is 0.255. The van der Waals surface area contributed by atoms with Crippen LogP contribution in [-0.2, 0) is 0 Å². The van der Waals surface area contributed by atoms with Gasteiger partial charge < -0.3 is 16.0 Å². The zero-order valence-corrected chi connectivity index (χ0v) is 17.2. The first-order valence-electron chi connectivity index (χ1n) is 8.26. The Morgan fingerprint density at radius 3 is 2.42 bits per heavy atom. The molecule has 1 fully saturated rings. The molecule has 0 saturated carbocycles. The first-order chi connectivity index (χ1) is 10.9. The molecule has 0 aliphatic carbocycles. The Morgan fingerprint density at radius 2 is 1.83 bits per heavy atom. The van der Waals surface area contributed by atoms with E-state index in [-0.39, 0.29) is 29.5 Å². The summed E-state index contributed by atoms with van der Waals surface area (Å²) < 4.78 is 0. The first-order valence-corrected chi connectivity index (χ1v) is 8.26. The highest BCUT2D eigenvalue weighted by molar-refractivity contribution is 14.0. The van der Waals surface area contributed by atoms with Crippen molar-refractivity contribution < 1.29 is 0 Å². The van der Waals surface area contributed by atoms with E-state index in [0.717, 1.165) is 51.6 Å². The van der Waals surface area contributed by atoms with Gasteiger partial charge in [-0.15, -0.1) is 24.0 Å². The fraction of sp³-hybridized carbons (Fsp3) is 0.688. The number of nitrogens with one attached hydrogen (secondary N) is 1. The second kappa shape index (κ2) is 9.97. The Labute approximate surface area is 162 Å². The van der Waals surface area contributed by atoms with Gasteiger partial charge in [-0.25, -0.2) is 9.97 Å². The summed E-state index contributed by atoms with van der Waals surface area (Å²) in [6.45, 7) is 12.1. The second-order valence-electron chi connectivity index (χ2n) is 6.87. The van der Waals surface area contributed by atoms with Crippen molar-refractivity contribution in [1.82, 2.24) is 20.2 Å². The average Bonchev–Trinajstić information content (AvgIpc) is 2.51. The molecule has 8 heteroatoms. The first kappa shape index (κ1) is 20.9. The van der Waals surface area contributed by atoms with Crippen LogP contribution < -0.4 is 16.0 Å². The molecule has 0 spiro atoms. The lowest BCUT2D eigenvalue weighted by atomic mass is 10.1. The van der Waals surface area contributed by atoms with E-state index in [9.17, 15) is 0 Å². The molecule has 2 rings (SSSR count). The Hall–Kier alpha value is -1.16. The molecule has 1 aromatic rings. The third-order valence-corrected chi connectivity index (χ3v) is 3.62. The zero-order valence-electron chi connectivity index (χ0n) is 14.9. The highest BCUT2D eigenvalue weighted by Crippen LogP contribution is 2.09. The van der Waals surface area contributed by atoms with Crippen molar-refractivity contribution in [2.75, 3.05) is 44.2 Å². The molecule has 0 bridgehead atoms. The van der Waals surface area contributed by atoms with Crippen molar-refractivity contribution in [3.8, 4) is 0 Å². The smallest absolute Gasteiger partial charge is 0.225 e. The highest BCUT2D eigenvalue weighted by atomic mass is 127. The maximum absolute atomic E-state index is 5.87. The van der Waals surface area contributed by atoms with Crippen molar-refractivity contribution in [3.05, 3.63) is 18.5 Å². The molecule has 0 amide bonds. The maximum atomic E-state index is 5.87. The molecule has 7 nitrogen and oxygen atoms in total. The largest absolute Gasteiger partial charge is 0.370 e. The molecule has 3 N–H and O–H groups in total. The van der Waals surface area contributed by atoms with E-state index >= 15 is 0 Å². The quantitative estimate of drug-likeness (QED) is 0.307. The van der Waals surface area contributed by atoms with Crippen LogP contribution in [0.3, 0.4) is 0 Å². The molecule has 1 aliphatic heterocycles. The van der Waals surface area contributed by atoms with Gasteiger partial charge in [0.1, 0.15) is 0 Å². The van der Waals surface area contributed by atoms with Gasteiger partial charge in [0.05, 0.1) is 0 Å². The lowest BCUT2D eigenvalue weighted by Crippen LogP contribution is -2.47. The van der Waals surface area contributed by atoms with Gasteiger partial charge in [-0.3, -0.25) is 9.89 Å². The SMILES string of the molecule is CC(C)(C)NC(N)=NCCCN1CCN(c2ncccn2)CC1.I. The Balaban J connectivity index is 0.00000288. The minimum Gasteiger partial charge on any atom is -0.370 e. The predicted octanol–water partition coefficient (Wildman–Crippen LogP) is 1.31. The van der Waals surface area contributed by atoms with Gasteiger partial charge in [-0.1, -0.05) is 0 Å². The lowest BCUT2D eigenvalue weighted by Gasteiger charge is -2.34. The Bertz CT molecular complexity index is 493. The predicted molar refractivity (Wildman–Crippen MR) is 110 cm³/mol. The van der Waals surface area contributed by atoms with Gasteiger partial charge >= 0.3 is 0 Å². The standard InChI is InChI=1S/C16H29N7.HI/c1-16(2,3)21-14(17)18-8-5-9-22-10-12-23(13-11-22)15-19-6-4-7-20-15;/h4,6-7H,5,8-13H2,1-3H3,(H3,17,18,21);1H. The molecular weight excluding hydrogens is 417 g/mol. The molecule has 2 heterocycles. The van der Waals surface area contributed by atoms with Crippen LogP contribution in [0.2, 0.25) is 0 Å². The molecule has 0 radical (unpaired) electrons. The summed E-state index contributed by atoms with van der Waals surface area (Å²) in [6.07, 6.45) is 4.61. The Morgan fingerprint density at radius 1 is 1.21 bits per heavy atom. The normalized spacial score (nSPS) is 16.6. The maximum Gasteiger partial charge on any atom is 0.225 e. The van der Waals surface area contributed by atoms with Crippen LogP contribution >= 0.6 is 24.0 Å². The van der Waals surface area contributed by atoms with Crippen LogP contribution in [0.4, 0.5) is 5.95 Å². The molecular formula is C16H30IN7. The Kier molecular flexibility index (Phi) is 8.68. The number of hydrogen-bond donors (Lipinski definition) is 2. The van der Waals surface area contributed by atoms with Crippen LogP contribution in [0.5, 0.6) is 0 Å². The van der Waals surface area contributed by atoms with Crippen molar-refractivity contribution in [2.45, 2.75) is 32.7 Å². The zero-order chi connectivity index (χ0) is 16.7. The van der Waals surface area contributed by atoms with Crippen LogP contribution in [0.25, 0.3) is 0 Å². The minimum absolute atomic E-state index is 0. The number of aliphatic imine (C=N–C) groups is 1. The van der Waals surface area contributed by atoms with E-state index in [1.165, 1.54) is 0 Å². The number of anilines is 1. The van der Waals surface area contributed by atoms with Gasteiger partial charge in [-0.05, 0) is 33.3 Å². The molecule has 1 aromatic heterocycles. The second-order valence-corrected chi connectivity index (χ2v) is 6.87. The number of piperazine rings is 1. The van der Waals surface area contributed by atoms with Crippen LogP contribution in [0, 0.1) is 0 Å². The van der Waals surface area contributed by atoms with E-state index in [2.05, 4.69) is 50.8 Å².